The Morgan fingerprint density at radius 3 is 2.67 bits per heavy atom. The number of hydrogen-bond donors (Lipinski definition) is 1. The molecule has 1 aliphatic heterocycles. The van der Waals surface area contributed by atoms with Crippen molar-refractivity contribution < 1.29 is 0 Å². The Hall–Kier alpha value is -0.860. The highest BCUT2D eigenvalue weighted by Gasteiger charge is 2.22. The van der Waals surface area contributed by atoms with Crippen LogP contribution in [0.3, 0.4) is 0 Å². The maximum Gasteiger partial charge on any atom is 0.00507 e. The van der Waals surface area contributed by atoms with Gasteiger partial charge in [0.05, 0.1) is 0 Å². The summed E-state index contributed by atoms with van der Waals surface area (Å²) in [7, 11) is 0. The molecule has 21 heavy (non-hydrogen) atoms. The topological polar surface area (TPSA) is 15.3 Å². The Labute approximate surface area is 130 Å². The van der Waals surface area contributed by atoms with Crippen LogP contribution in [-0.2, 0) is 0 Å². The maximum absolute atomic E-state index is 3.48. The van der Waals surface area contributed by atoms with Crippen molar-refractivity contribution in [3.05, 3.63) is 35.9 Å². The molecule has 1 aromatic rings. The average molecular weight is 288 g/mol. The summed E-state index contributed by atoms with van der Waals surface area (Å²) in [5, 5.41) is 3.48. The quantitative estimate of drug-likeness (QED) is 0.654. The normalized spacial score (nSPS) is 19.2. The lowest BCUT2D eigenvalue weighted by molar-refractivity contribution is 0.323. The fourth-order valence-electron chi connectivity index (χ4n) is 3.27. The number of benzene rings is 1. The van der Waals surface area contributed by atoms with Gasteiger partial charge in [-0.1, -0.05) is 50.1 Å². The Bertz CT molecular complexity index is 363. The molecule has 1 saturated heterocycles. The predicted octanol–water partition coefficient (Wildman–Crippen LogP) is 4.04. The summed E-state index contributed by atoms with van der Waals surface area (Å²) in [6.07, 6.45) is 8.07. The summed E-state index contributed by atoms with van der Waals surface area (Å²) in [5.74, 6) is 0.768. The molecule has 1 N–H and O–H groups in total. The SMILES string of the molecule is CCCNCCCCCCN1CCC(c2ccccc2)C1. The zero-order chi connectivity index (χ0) is 14.8. The van der Waals surface area contributed by atoms with Crippen molar-refractivity contribution in [2.75, 3.05) is 32.7 Å². The first-order valence-corrected chi connectivity index (χ1v) is 8.88. The molecule has 0 bridgehead atoms. The number of hydrogen-bond acceptors (Lipinski definition) is 2. The van der Waals surface area contributed by atoms with Crippen LogP contribution in [0.5, 0.6) is 0 Å². The van der Waals surface area contributed by atoms with Gasteiger partial charge in [0, 0.05) is 6.54 Å². The minimum absolute atomic E-state index is 0.768. The number of rotatable bonds is 10. The molecule has 0 aliphatic carbocycles. The van der Waals surface area contributed by atoms with Crippen LogP contribution >= 0.6 is 0 Å². The zero-order valence-corrected chi connectivity index (χ0v) is 13.7. The second kappa shape index (κ2) is 9.97. The van der Waals surface area contributed by atoms with Crippen LogP contribution in [0.4, 0.5) is 0 Å². The first-order valence-electron chi connectivity index (χ1n) is 8.88. The Morgan fingerprint density at radius 2 is 1.86 bits per heavy atom. The fraction of sp³-hybridized carbons (Fsp3) is 0.684. The number of nitrogens with one attached hydrogen (secondary N) is 1. The van der Waals surface area contributed by atoms with Crippen LogP contribution in [-0.4, -0.2) is 37.6 Å². The summed E-state index contributed by atoms with van der Waals surface area (Å²) >= 11 is 0. The van der Waals surface area contributed by atoms with Crippen LogP contribution in [0.25, 0.3) is 0 Å². The molecule has 1 fully saturated rings. The van der Waals surface area contributed by atoms with Crippen LogP contribution in [0.15, 0.2) is 30.3 Å². The van der Waals surface area contributed by atoms with Crippen molar-refractivity contribution in [2.24, 2.45) is 0 Å². The van der Waals surface area contributed by atoms with E-state index >= 15 is 0 Å². The third kappa shape index (κ3) is 6.19. The number of nitrogens with zero attached hydrogens (tertiary/aromatic N) is 1. The monoisotopic (exact) mass is 288 g/mol. The molecule has 2 nitrogen and oxygen atoms in total. The Balaban J connectivity index is 1.51. The molecule has 118 valence electrons. The highest BCUT2D eigenvalue weighted by Crippen LogP contribution is 2.26. The largest absolute Gasteiger partial charge is 0.317 e. The lowest BCUT2D eigenvalue weighted by atomic mass is 9.99. The van der Waals surface area contributed by atoms with Crippen LogP contribution in [0.2, 0.25) is 0 Å². The van der Waals surface area contributed by atoms with Crippen LogP contribution in [0.1, 0.15) is 56.9 Å². The highest BCUT2D eigenvalue weighted by molar-refractivity contribution is 5.20. The molecule has 2 rings (SSSR count). The second-order valence-corrected chi connectivity index (χ2v) is 6.36. The van der Waals surface area contributed by atoms with E-state index in [-0.39, 0.29) is 0 Å². The van der Waals surface area contributed by atoms with E-state index in [0.29, 0.717) is 0 Å². The van der Waals surface area contributed by atoms with Crippen molar-refractivity contribution in [2.45, 2.75) is 51.4 Å². The average Bonchev–Trinajstić information content (AvgIpc) is 3.00. The van der Waals surface area contributed by atoms with Gasteiger partial charge in [-0.05, 0) is 63.3 Å². The third-order valence-electron chi connectivity index (χ3n) is 4.55. The molecular formula is C19H32N2. The molecule has 2 heteroatoms. The maximum atomic E-state index is 3.48. The summed E-state index contributed by atoms with van der Waals surface area (Å²) in [6, 6.07) is 11.0. The van der Waals surface area contributed by atoms with Crippen molar-refractivity contribution in [3.8, 4) is 0 Å². The third-order valence-corrected chi connectivity index (χ3v) is 4.55. The van der Waals surface area contributed by atoms with Gasteiger partial charge >= 0.3 is 0 Å². The molecule has 0 aromatic heterocycles. The van der Waals surface area contributed by atoms with E-state index < -0.39 is 0 Å². The van der Waals surface area contributed by atoms with Gasteiger partial charge in [-0.25, -0.2) is 0 Å². The van der Waals surface area contributed by atoms with E-state index in [9.17, 15) is 0 Å². The molecule has 1 heterocycles. The fourth-order valence-corrected chi connectivity index (χ4v) is 3.27. The van der Waals surface area contributed by atoms with E-state index in [0.717, 1.165) is 5.92 Å². The predicted molar refractivity (Wildman–Crippen MR) is 91.9 cm³/mol. The van der Waals surface area contributed by atoms with Gasteiger partial charge in [-0.2, -0.15) is 0 Å². The molecule has 1 atom stereocenters. The highest BCUT2D eigenvalue weighted by atomic mass is 15.1. The molecule has 1 aliphatic rings. The van der Waals surface area contributed by atoms with E-state index in [2.05, 4.69) is 47.5 Å². The van der Waals surface area contributed by atoms with Crippen molar-refractivity contribution in [3.63, 3.8) is 0 Å². The minimum Gasteiger partial charge on any atom is -0.317 e. The van der Waals surface area contributed by atoms with Crippen LogP contribution < -0.4 is 5.32 Å². The number of unbranched alkanes of at least 4 members (excludes halogenated alkanes) is 3. The standard InChI is InChI=1S/C19H32N2/c1-2-13-20-14-8-3-4-9-15-21-16-12-19(17-21)18-10-6-5-7-11-18/h5-7,10-11,19-20H,2-4,8-9,12-17H2,1H3. The van der Waals surface area contributed by atoms with Gasteiger partial charge in [-0.15, -0.1) is 0 Å². The molecule has 0 spiro atoms. The molecule has 1 unspecified atom stereocenters. The van der Waals surface area contributed by atoms with Gasteiger partial charge < -0.3 is 10.2 Å². The summed E-state index contributed by atoms with van der Waals surface area (Å²) in [5.41, 5.74) is 1.53. The van der Waals surface area contributed by atoms with Gasteiger partial charge in [0.25, 0.3) is 0 Å². The van der Waals surface area contributed by atoms with Gasteiger partial charge in [0.2, 0.25) is 0 Å². The lowest BCUT2D eigenvalue weighted by Crippen LogP contribution is -2.21. The van der Waals surface area contributed by atoms with Gasteiger partial charge in [0.1, 0.15) is 0 Å². The summed E-state index contributed by atoms with van der Waals surface area (Å²) in [4.78, 5) is 2.66. The molecular weight excluding hydrogens is 256 g/mol. The Kier molecular flexibility index (Phi) is 7.83. The second-order valence-electron chi connectivity index (χ2n) is 6.36. The summed E-state index contributed by atoms with van der Waals surface area (Å²) < 4.78 is 0. The number of likely N-dealkylation sites (tertiary alicyclic amines) is 1. The van der Waals surface area contributed by atoms with E-state index in [1.165, 1.54) is 76.8 Å². The van der Waals surface area contributed by atoms with E-state index in [1.54, 1.807) is 0 Å². The Morgan fingerprint density at radius 1 is 1.05 bits per heavy atom. The lowest BCUT2D eigenvalue weighted by Gasteiger charge is -2.16. The molecule has 0 radical (unpaired) electrons. The van der Waals surface area contributed by atoms with Crippen LogP contribution in [0, 0.1) is 0 Å². The molecule has 0 amide bonds. The first kappa shape index (κ1) is 16.5. The first-order chi connectivity index (χ1) is 10.4. The minimum atomic E-state index is 0.768. The van der Waals surface area contributed by atoms with Gasteiger partial charge in [-0.3, -0.25) is 0 Å². The smallest absolute Gasteiger partial charge is 0.00507 e. The van der Waals surface area contributed by atoms with E-state index in [4.69, 9.17) is 0 Å². The van der Waals surface area contributed by atoms with Crippen molar-refractivity contribution in [1.29, 1.82) is 0 Å². The van der Waals surface area contributed by atoms with E-state index in [1.807, 2.05) is 0 Å². The summed E-state index contributed by atoms with van der Waals surface area (Å²) in [6.45, 7) is 8.46. The van der Waals surface area contributed by atoms with Gasteiger partial charge in [0.15, 0.2) is 0 Å². The zero-order valence-electron chi connectivity index (χ0n) is 13.7. The molecule has 0 saturated carbocycles. The van der Waals surface area contributed by atoms with Crippen molar-refractivity contribution in [1.82, 2.24) is 10.2 Å². The molecule has 1 aromatic carbocycles. The van der Waals surface area contributed by atoms with Crippen molar-refractivity contribution >= 4 is 0 Å².